The van der Waals surface area contributed by atoms with Gasteiger partial charge in [0.2, 0.25) is 0 Å². The van der Waals surface area contributed by atoms with E-state index in [0.717, 1.165) is 5.56 Å². The van der Waals surface area contributed by atoms with Gasteiger partial charge in [0.25, 0.3) is 5.69 Å². The van der Waals surface area contributed by atoms with Crippen LogP contribution in [0.4, 0.5) is 5.69 Å². The molecule has 6 heteroatoms. The van der Waals surface area contributed by atoms with Crippen LogP contribution < -0.4 is 4.74 Å². The lowest BCUT2D eigenvalue weighted by Gasteiger charge is -2.27. The van der Waals surface area contributed by atoms with E-state index in [2.05, 4.69) is 5.16 Å². The summed E-state index contributed by atoms with van der Waals surface area (Å²) in [4.78, 5) is 10.3. The van der Waals surface area contributed by atoms with Gasteiger partial charge in [-0.05, 0) is 11.6 Å². The number of nitrogens with zero attached hydrogens (tertiary/aromatic N) is 2. The van der Waals surface area contributed by atoms with Crippen molar-refractivity contribution in [1.82, 2.24) is 0 Å². The third kappa shape index (κ3) is 2.43. The maximum Gasteiger partial charge on any atom is 0.269 e. The molecule has 0 saturated carbocycles. The van der Waals surface area contributed by atoms with Crippen LogP contribution in [0.15, 0.2) is 53.7 Å². The van der Waals surface area contributed by atoms with Gasteiger partial charge in [-0.3, -0.25) is 10.1 Å². The average Bonchev–Trinajstić information content (AvgIpc) is 2.53. The first-order valence-corrected chi connectivity index (χ1v) is 6.39. The minimum absolute atomic E-state index is 0.00667. The third-order valence-electron chi connectivity index (χ3n) is 3.40. The topological polar surface area (TPSA) is 85.0 Å². The van der Waals surface area contributed by atoms with Gasteiger partial charge in [0.15, 0.2) is 6.10 Å². The minimum Gasteiger partial charge on any atom is -0.479 e. The predicted molar refractivity (Wildman–Crippen MR) is 75.8 cm³/mol. The molecule has 1 N–H and O–H groups in total. The number of hydrogen-bond donors (Lipinski definition) is 1. The molecular formula is C15H12N2O4. The summed E-state index contributed by atoms with van der Waals surface area (Å²) >= 11 is 0. The van der Waals surface area contributed by atoms with Crippen molar-refractivity contribution in [3.63, 3.8) is 0 Å². The van der Waals surface area contributed by atoms with Gasteiger partial charge in [-0.1, -0.05) is 35.5 Å². The van der Waals surface area contributed by atoms with Gasteiger partial charge in [-0.15, -0.1) is 0 Å². The van der Waals surface area contributed by atoms with E-state index in [9.17, 15) is 15.3 Å². The van der Waals surface area contributed by atoms with Crippen molar-refractivity contribution < 1.29 is 14.9 Å². The fraction of sp³-hybridized carbons (Fsp3) is 0.133. The summed E-state index contributed by atoms with van der Waals surface area (Å²) in [6, 6.07) is 13.8. The fourth-order valence-electron chi connectivity index (χ4n) is 2.39. The largest absolute Gasteiger partial charge is 0.479 e. The monoisotopic (exact) mass is 284 g/mol. The second-order valence-corrected chi connectivity index (χ2v) is 4.73. The Labute approximate surface area is 120 Å². The molecule has 0 amide bonds. The summed E-state index contributed by atoms with van der Waals surface area (Å²) in [6.07, 6.45) is -0.169. The number of rotatable bonds is 2. The van der Waals surface area contributed by atoms with Crippen molar-refractivity contribution in [3.05, 3.63) is 69.8 Å². The molecule has 1 aliphatic rings. The van der Waals surface area contributed by atoms with Gasteiger partial charge in [-0.2, -0.15) is 0 Å². The van der Waals surface area contributed by atoms with Gasteiger partial charge in [0, 0.05) is 24.1 Å². The Morgan fingerprint density at radius 2 is 2.00 bits per heavy atom. The van der Waals surface area contributed by atoms with Gasteiger partial charge < -0.3 is 9.94 Å². The molecule has 0 aliphatic carbocycles. The highest BCUT2D eigenvalue weighted by atomic mass is 16.6. The number of hydrogen-bond acceptors (Lipinski definition) is 5. The van der Waals surface area contributed by atoms with Crippen LogP contribution in [-0.4, -0.2) is 15.8 Å². The van der Waals surface area contributed by atoms with E-state index < -0.39 is 11.0 Å². The highest BCUT2D eigenvalue weighted by Crippen LogP contribution is 2.35. The molecule has 0 aromatic heterocycles. The zero-order valence-electron chi connectivity index (χ0n) is 11.0. The maximum absolute atomic E-state index is 10.8. The van der Waals surface area contributed by atoms with Crippen LogP contribution in [0.5, 0.6) is 5.75 Å². The smallest absolute Gasteiger partial charge is 0.269 e. The van der Waals surface area contributed by atoms with Crippen LogP contribution in [0.25, 0.3) is 0 Å². The molecule has 106 valence electrons. The Kier molecular flexibility index (Phi) is 3.27. The van der Waals surface area contributed by atoms with E-state index in [1.165, 1.54) is 12.1 Å². The number of benzene rings is 2. The Bertz CT molecular complexity index is 713. The van der Waals surface area contributed by atoms with Gasteiger partial charge in [0.1, 0.15) is 11.5 Å². The minimum atomic E-state index is -0.481. The predicted octanol–water partition coefficient (Wildman–Crippen LogP) is 3.10. The van der Waals surface area contributed by atoms with E-state index in [-0.39, 0.29) is 5.69 Å². The van der Waals surface area contributed by atoms with Crippen molar-refractivity contribution in [1.29, 1.82) is 0 Å². The number of nitro benzene ring substituents is 1. The van der Waals surface area contributed by atoms with Crippen LogP contribution in [-0.2, 0) is 6.42 Å². The number of oxime groups is 1. The Balaban J connectivity index is 2.00. The quantitative estimate of drug-likeness (QED) is 0.521. The van der Waals surface area contributed by atoms with Gasteiger partial charge >= 0.3 is 0 Å². The number of fused-ring (bicyclic) bond motifs is 1. The van der Waals surface area contributed by atoms with Crippen LogP contribution in [0, 0.1) is 10.1 Å². The summed E-state index contributed by atoms with van der Waals surface area (Å²) in [5, 5.41) is 23.3. The van der Waals surface area contributed by atoms with Crippen LogP contribution in [0.1, 0.15) is 17.2 Å². The van der Waals surface area contributed by atoms with E-state index in [4.69, 9.17) is 4.74 Å². The first-order valence-electron chi connectivity index (χ1n) is 6.39. The molecule has 21 heavy (non-hydrogen) atoms. The Hall–Kier alpha value is -2.89. The molecule has 1 aliphatic heterocycles. The van der Waals surface area contributed by atoms with E-state index in [1.54, 1.807) is 6.07 Å². The second kappa shape index (κ2) is 5.24. The van der Waals surface area contributed by atoms with E-state index >= 15 is 0 Å². The van der Waals surface area contributed by atoms with E-state index in [1.807, 2.05) is 30.3 Å². The van der Waals surface area contributed by atoms with Crippen molar-refractivity contribution in [2.45, 2.75) is 12.5 Å². The van der Waals surface area contributed by atoms with Crippen LogP contribution in [0.3, 0.4) is 0 Å². The standard InChI is InChI=1S/C15H12N2O4/c18-16-13-9-11-8-12(17(19)20)6-7-14(11)21-15(13)10-4-2-1-3-5-10/h1-8,15,18H,9H2/b16-13+. The summed E-state index contributed by atoms with van der Waals surface area (Å²) < 4.78 is 5.84. The first kappa shape index (κ1) is 13.1. The molecule has 6 nitrogen and oxygen atoms in total. The molecule has 0 bridgehead atoms. The number of ether oxygens (including phenoxy) is 1. The molecular weight excluding hydrogens is 272 g/mol. The zero-order valence-corrected chi connectivity index (χ0v) is 11.0. The molecule has 0 spiro atoms. The average molecular weight is 284 g/mol. The van der Waals surface area contributed by atoms with Gasteiger partial charge in [0.05, 0.1) is 4.92 Å². The summed E-state index contributed by atoms with van der Waals surface area (Å²) in [7, 11) is 0. The van der Waals surface area contributed by atoms with Crippen molar-refractivity contribution in [2.75, 3.05) is 0 Å². The molecule has 3 rings (SSSR count). The maximum atomic E-state index is 10.8. The van der Waals surface area contributed by atoms with Crippen molar-refractivity contribution in [2.24, 2.45) is 5.16 Å². The normalized spacial score (nSPS) is 18.9. The number of non-ortho nitro benzene ring substituents is 1. The van der Waals surface area contributed by atoms with Crippen molar-refractivity contribution in [3.8, 4) is 5.75 Å². The lowest BCUT2D eigenvalue weighted by molar-refractivity contribution is -0.384. The van der Waals surface area contributed by atoms with Crippen LogP contribution >= 0.6 is 0 Å². The highest BCUT2D eigenvalue weighted by Gasteiger charge is 2.29. The Morgan fingerprint density at radius 1 is 1.24 bits per heavy atom. The molecule has 2 aromatic carbocycles. The Morgan fingerprint density at radius 3 is 2.67 bits per heavy atom. The van der Waals surface area contributed by atoms with Crippen LogP contribution in [0.2, 0.25) is 0 Å². The molecule has 0 fully saturated rings. The second-order valence-electron chi connectivity index (χ2n) is 4.73. The zero-order chi connectivity index (χ0) is 14.8. The summed E-state index contributed by atoms with van der Waals surface area (Å²) in [5.41, 5.74) is 1.93. The third-order valence-corrected chi connectivity index (χ3v) is 3.40. The molecule has 2 aromatic rings. The lowest BCUT2D eigenvalue weighted by Crippen LogP contribution is -2.26. The molecule has 0 radical (unpaired) electrons. The number of nitro groups is 1. The van der Waals surface area contributed by atoms with E-state index in [0.29, 0.717) is 23.4 Å². The highest BCUT2D eigenvalue weighted by molar-refractivity contribution is 5.93. The summed E-state index contributed by atoms with van der Waals surface area (Å²) in [5.74, 6) is 0.571. The lowest BCUT2D eigenvalue weighted by atomic mass is 9.95. The SMILES string of the molecule is O=[N+]([O-])c1ccc2c(c1)C/C(=N\O)C(c1ccccc1)O2. The van der Waals surface area contributed by atoms with Crippen molar-refractivity contribution >= 4 is 11.4 Å². The molecule has 0 saturated heterocycles. The first-order chi connectivity index (χ1) is 10.2. The summed E-state index contributed by atoms with van der Waals surface area (Å²) in [6.45, 7) is 0. The molecule has 1 unspecified atom stereocenters. The fourth-order valence-corrected chi connectivity index (χ4v) is 2.39. The van der Waals surface area contributed by atoms with Gasteiger partial charge in [-0.25, -0.2) is 0 Å². The molecule has 1 atom stereocenters. The molecule has 1 heterocycles.